The highest BCUT2D eigenvalue weighted by Gasteiger charge is 2.09. The van der Waals surface area contributed by atoms with E-state index in [0.29, 0.717) is 17.9 Å². The number of aryl methyl sites for hydroxylation is 1. The number of carbonyl (C=O) groups is 1. The topological polar surface area (TPSA) is 83.0 Å². The molecule has 3 N–H and O–H groups in total. The number of nitrogens with one attached hydrogen (secondary N) is 2. The third-order valence-corrected chi connectivity index (χ3v) is 3.80. The number of benzene rings is 2. The molecule has 0 aromatic heterocycles. The maximum absolute atomic E-state index is 11.9. The normalized spacial score (nSPS) is 10.7. The SMILES string of the molecule is CCOc1cc(Br)cc(/C=N/NC(=O)CNc2ccccc2C)c1O. The first-order valence-corrected chi connectivity index (χ1v) is 8.57. The van der Waals surface area contributed by atoms with Crippen LogP contribution in [0.3, 0.4) is 0 Å². The Morgan fingerprint density at radius 2 is 2.12 bits per heavy atom. The van der Waals surface area contributed by atoms with Gasteiger partial charge in [0.15, 0.2) is 11.5 Å². The predicted octanol–water partition coefficient (Wildman–Crippen LogP) is 3.42. The summed E-state index contributed by atoms with van der Waals surface area (Å²) in [4.78, 5) is 11.9. The summed E-state index contributed by atoms with van der Waals surface area (Å²) >= 11 is 3.35. The molecule has 0 aliphatic rings. The molecule has 0 aliphatic heterocycles. The van der Waals surface area contributed by atoms with Crippen LogP contribution in [0.4, 0.5) is 5.69 Å². The molecule has 0 aliphatic carbocycles. The molecule has 1 amide bonds. The van der Waals surface area contributed by atoms with Crippen molar-refractivity contribution in [2.45, 2.75) is 13.8 Å². The van der Waals surface area contributed by atoms with E-state index in [0.717, 1.165) is 15.7 Å². The number of rotatable bonds is 7. The van der Waals surface area contributed by atoms with Crippen molar-refractivity contribution in [3.8, 4) is 11.5 Å². The number of hydrogen-bond donors (Lipinski definition) is 3. The van der Waals surface area contributed by atoms with Crippen LogP contribution in [-0.2, 0) is 4.79 Å². The average Bonchev–Trinajstić information content (AvgIpc) is 2.58. The minimum absolute atomic E-state index is 0.0268. The summed E-state index contributed by atoms with van der Waals surface area (Å²) in [7, 11) is 0. The Labute approximate surface area is 155 Å². The molecule has 0 spiro atoms. The van der Waals surface area contributed by atoms with Crippen LogP contribution in [0.25, 0.3) is 0 Å². The first-order chi connectivity index (χ1) is 12.0. The van der Waals surface area contributed by atoms with Gasteiger partial charge in [-0.25, -0.2) is 5.43 Å². The maximum Gasteiger partial charge on any atom is 0.259 e. The minimum Gasteiger partial charge on any atom is -0.504 e. The number of ether oxygens (including phenoxy) is 1. The summed E-state index contributed by atoms with van der Waals surface area (Å²) < 4.78 is 6.08. The molecule has 25 heavy (non-hydrogen) atoms. The molecule has 132 valence electrons. The van der Waals surface area contributed by atoms with Crippen LogP contribution in [0.1, 0.15) is 18.1 Å². The molecular weight excluding hydrogens is 386 g/mol. The summed E-state index contributed by atoms with van der Waals surface area (Å²) in [5, 5.41) is 17.1. The molecule has 2 rings (SSSR count). The first kappa shape index (κ1) is 18.8. The van der Waals surface area contributed by atoms with E-state index in [2.05, 4.69) is 31.8 Å². The standard InChI is InChI=1S/C18H20BrN3O3/c1-3-25-16-9-14(19)8-13(18(16)24)10-21-22-17(23)11-20-15-7-5-4-6-12(15)2/h4-10,20,24H,3,11H2,1-2H3,(H,22,23)/b21-10+. The summed E-state index contributed by atoms with van der Waals surface area (Å²) in [6.45, 7) is 4.32. The molecule has 2 aromatic carbocycles. The largest absolute Gasteiger partial charge is 0.504 e. The Kier molecular flexibility index (Phi) is 6.82. The summed E-state index contributed by atoms with van der Waals surface area (Å²) in [5.41, 5.74) is 4.81. The van der Waals surface area contributed by atoms with E-state index in [1.165, 1.54) is 6.21 Å². The number of phenolic OH excluding ortho intramolecular Hbond substituents is 1. The van der Waals surface area contributed by atoms with E-state index < -0.39 is 0 Å². The van der Waals surface area contributed by atoms with E-state index >= 15 is 0 Å². The molecule has 0 unspecified atom stereocenters. The number of hydrogen-bond acceptors (Lipinski definition) is 5. The van der Waals surface area contributed by atoms with Crippen LogP contribution in [0, 0.1) is 6.92 Å². The second-order valence-corrected chi connectivity index (χ2v) is 6.15. The van der Waals surface area contributed by atoms with Crippen LogP contribution in [-0.4, -0.2) is 30.4 Å². The van der Waals surface area contributed by atoms with Crippen LogP contribution < -0.4 is 15.5 Å². The van der Waals surface area contributed by atoms with E-state index in [4.69, 9.17) is 4.74 Å². The zero-order chi connectivity index (χ0) is 18.2. The molecule has 0 saturated carbocycles. The third kappa shape index (κ3) is 5.49. The van der Waals surface area contributed by atoms with Gasteiger partial charge in [0.1, 0.15) is 0 Å². The molecule has 0 heterocycles. The fourth-order valence-electron chi connectivity index (χ4n) is 2.12. The summed E-state index contributed by atoms with van der Waals surface area (Å²) in [6.07, 6.45) is 1.37. The number of aromatic hydroxyl groups is 1. The lowest BCUT2D eigenvalue weighted by molar-refractivity contribution is -0.119. The zero-order valence-corrected chi connectivity index (χ0v) is 15.6. The van der Waals surface area contributed by atoms with E-state index in [9.17, 15) is 9.90 Å². The second-order valence-electron chi connectivity index (χ2n) is 5.24. The van der Waals surface area contributed by atoms with Gasteiger partial charge in [-0.2, -0.15) is 5.10 Å². The monoisotopic (exact) mass is 405 g/mol. The van der Waals surface area contributed by atoms with E-state index in [1.54, 1.807) is 12.1 Å². The zero-order valence-electron chi connectivity index (χ0n) is 14.0. The third-order valence-electron chi connectivity index (χ3n) is 3.35. The lowest BCUT2D eigenvalue weighted by Crippen LogP contribution is -2.26. The van der Waals surface area contributed by atoms with Crippen LogP contribution in [0.2, 0.25) is 0 Å². The Morgan fingerprint density at radius 3 is 2.84 bits per heavy atom. The van der Waals surface area contributed by atoms with Crippen molar-refractivity contribution in [3.63, 3.8) is 0 Å². The fraction of sp³-hybridized carbons (Fsp3) is 0.222. The quantitative estimate of drug-likeness (QED) is 0.486. The molecule has 0 saturated heterocycles. The molecule has 0 bridgehead atoms. The highest BCUT2D eigenvalue weighted by molar-refractivity contribution is 9.10. The number of hydrazone groups is 1. The lowest BCUT2D eigenvalue weighted by Gasteiger charge is -2.09. The molecule has 7 heteroatoms. The van der Waals surface area contributed by atoms with Gasteiger partial charge in [-0.05, 0) is 37.6 Å². The molecule has 0 fully saturated rings. The van der Waals surface area contributed by atoms with Gasteiger partial charge in [0.25, 0.3) is 5.91 Å². The van der Waals surface area contributed by atoms with Gasteiger partial charge in [0.2, 0.25) is 0 Å². The van der Waals surface area contributed by atoms with Crippen LogP contribution in [0.5, 0.6) is 11.5 Å². The van der Waals surface area contributed by atoms with Gasteiger partial charge in [-0.15, -0.1) is 0 Å². The smallest absolute Gasteiger partial charge is 0.259 e. The molecule has 2 aromatic rings. The van der Waals surface area contributed by atoms with Crippen molar-refractivity contribution in [1.82, 2.24) is 5.43 Å². The van der Waals surface area contributed by atoms with Gasteiger partial charge in [-0.3, -0.25) is 4.79 Å². The highest BCUT2D eigenvalue weighted by atomic mass is 79.9. The number of carbonyl (C=O) groups excluding carboxylic acids is 1. The number of anilines is 1. The Hall–Kier alpha value is -2.54. The average molecular weight is 406 g/mol. The van der Waals surface area contributed by atoms with Gasteiger partial charge < -0.3 is 15.2 Å². The van der Waals surface area contributed by atoms with Crippen molar-refractivity contribution in [2.24, 2.45) is 5.10 Å². The van der Waals surface area contributed by atoms with Crippen LogP contribution >= 0.6 is 15.9 Å². The van der Waals surface area contributed by atoms with Gasteiger partial charge in [0, 0.05) is 15.7 Å². The lowest BCUT2D eigenvalue weighted by atomic mass is 10.2. The van der Waals surface area contributed by atoms with Crippen molar-refractivity contribution in [3.05, 3.63) is 52.0 Å². The van der Waals surface area contributed by atoms with Crippen LogP contribution in [0.15, 0.2) is 46.0 Å². The Balaban J connectivity index is 1.94. The van der Waals surface area contributed by atoms with E-state index in [-0.39, 0.29) is 18.2 Å². The molecular formula is C18H20BrN3O3. The molecule has 0 atom stereocenters. The molecule has 0 radical (unpaired) electrons. The van der Waals surface area contributed by atoms with Crippen molar-refractivity contribution >= 4 is 33.7 Å². The number of amides is 1. The number of para-hydroxylation sites is 1. The highest BCUT2D eigenvalue weighted by Crippen LogP contribution is 2.32. The first-order valence-electron chi connectivity index (χ1n) is 7.78. The van der Waals surface area contributed by atoms with E-state index in [1.807, 2.05) is 38.1 Å². The Morgan fingerprint density at radius 1 is 1.36 bits per heavy atom. The van der Waals surface area contributed by atoms with Crippen molar-refractivity contribution in [1.29, 1.82) is 0 Å². The Bertz CT molecular complexity index is 778. The van der Waals surface area contributed by atoms with Crippen molar-refractivity contribution in [2.75, 3.05) is 18.5 Å². The predicted molar refractivity (Wildman–Crippen MR) is 102 cm³/mol. The molecule has 6 nitrogen and oxygen atoms in total. The van der Waals surface area contributed by atoms with Gasteiger partial charge in [-0.1, -0.05) is 34.1 Å². The number of halogens is 1. The van der Waals surface area contributed by atoms with Crippen molar-refractivity contribution < 1.29 is 14.6 Å². The van der Waals surface area contributed by atoms with Gasteiger partial charge in [0.05, 0.1) is 19.4 Å². The van der Waals surface area contributed by atoms with Gasteiger partial charge >= 0.3 is 0 Å². The minimum atomic E-state index is -0.293. The maximum atomic E-state index is 11.9. The fourth-order valence-corrected chi connectivity index (χ4v) is 2.57. The summed E-state index contributed by atoms with van der Waals surface area (Å²) in [6, 6.07) is 11.0. The summed E-state index contributed by atoms with van der Waals surface area (Å²) in [5.74, 6) is 0.0333. The number of phenols is 1. The second kappa shape index (κ2) is 9.08. The number of nitrogens with zero attached hydrogens (tertiary/aromatic N) is 1.